The number of halogens is 3. The molecule has 0 aliphatic heterocycles. The van der Waals surface area contributed by atoms with Gasteiger partial charge in [0.25, 0.3) is 0 Å². The fourth-order valence-corrected chi connectivity index (χ4v) is 3.99. The lowest BCUT2D eigenvalue weighted by Crippen LogP contribution is -2.21. The molecule has 0 saturated heterocycles. The number of alkyl halides is 3. The van der Waals surface area contributed by atoms with Gasteiger partial charge < -0.3 is 15.0 Å². The van der Waals surface area contributed by atoms with E-state index in [1.165, 1.54) is 24.5 Å². The van der Waals surface area contributed by atoms with Gasteiger partial charge in [-0.05, 0) is 37.3 Å². The van der Waals surface area contributed by atoms with Crippen molar-refractivity contribution in [3.63, 3.8) is 0 Å². The van der Waals surface area contributed by atoms with E-state index < -0.39 is 11.7 Å². The summed E-state index contributed by atoms with van der Waals surface area (Å²) in [6.07, 6.45) is -1.06. The van der Waals surface area contributed by atoms with E-state index in [1.54, 1.807) is 30.4 Å². The molecule has 1 atom stereocenters. The lowest BCUT2D eigenvalue weighted by molar-refractivity contribution is -0.137. The topological polar surface area (TPSA) is 76.1 Å². The van der Waals surface area contributed by atoms with Gasteiger partial charge in [-0.1, -0.05) is 0 Å². The van der Waals surface area contributed by atoms with Crippen molar-refractivity contribution in [3.05, 3.63) is 64.2 Å². The van der Waals surface area contributed by atoms with Gasteiger partial charge in [-0.25, -0.2) is 9.97 Å². The molecule has 0 aliphatic rings. The van der Waals surface area contributed by atoms with Crippen LogP contribution in [-0.4, -0.2) is 34.1 Å². The third kappa shape index (κ3) is 4.98. The molecule has 0 saturated carbocycles. The minimum absolute atomic E-state index is 0.111. The number of rotatable bonds is 7. The summed E-state index contributed by atoms with van der Waals surface area (Å²) >= 11 is 1.52. The quantitative estimate of drug-likeness (QED) is 0.389. The summed E-state index contributed by atoms with van der Waals surface area (Å²) < 4.78 is 45.0. The molecule has 0 unspecified atom stereocenters. The van der Waals surface area contributed by atoms with Crippen molar-refractivity contribution < 1.29 is 17.9 Å². The molecule has 1 aromatic carbocycles. The number of aromatic nitrogens is 4. The first-order valence-corrected chi connectivity index (χ1v) is 10.9. The Kier molecular flexibility index (Phi) is 6.32. The van der Waals surface area contributed by atoms with Crippen LogP contribution in [0.15, 0.2) is 48.1 Å². The number of methoxy groups -OCH3 is 1. The Hall–Kier alpha value is -3.47. The highest BCUT2D eigenvalue weighted by molar-refractivity contribution is 7.09. The Morgan fingerprint density at radius 3 is 2.67 bits per heavy atom. The smallest absolute Gasteiger partial charge is 0.416 e. The monoisotopic (exact) mass is 474 g/mol. The molecular formula is C22H21F3N6OS. The van der Waals surface area contributed by atoms with Gasteiger partial charge >= 0.3 is 6.18 Å². The van der Waals surface area contributed by atoms with Crippen LogP contribution in [0.5, 0.6) is 5.75 Å². The maximum atomic E-state index is 13.2. The minimum Gasteiger partial charge on any atom is -0.496 e. The first kappa shape index (κ1) is 22.7. The second-order valence-corrected chi connectivity index (χ2v) is 8.29. The van der Waals surface area contributed by atoms with E-state index >= 15 is 0 Å². The average Bonchev–Trinajstić information content (AvgIpc) is 3.33. The molecule has 7 nitrogen and oxygen atoms in total. The molecule has 4 aromatic rings. The molecule has 0 fully saturated rings. The molecule has 3 aromatic heterocycles. The van der Waals surface area contributed by atoms with E-state index in [0.29, 0.717) is 34.1 Å². The Morgan fingerprint density at radius 2 is 1.97 bits per heavy atom. The van der Waals surface area contributed by atoms with Gasteiger partial charge in [0.15, 0.2) is 5.82 Å². The van der Waals surface area contributed by atoms with E-state index in [9.17, 15) is 13.2 Å². The molecule has 0 aliphatic carbocycles. The van der Waals surface area contributed by atoms with Crippen LogP contribution in [-0.2, 0) is 12.7 Å². The SMILES string of the molecule is COc1ccc(C(F)(F)F)cc1CN(C)c1nc(N[C@@H](C)c2nccs2)c2ncccc2n1. The summed E-state index contributed by atoms with van der Waals surface area (Å²) in [4.78, 5) is 19.6. The fourth-order valence-electron chi connectivity index (χ4n) is 3.35. The van der Waals surface area contributed by atoms with E-state index in [4.69, 9.17) is 4.74 Å². The number of benzene rings is 1. The van der Waals surface area contributed by atoms with Crippen LogP contribution in [0.1, 0.15) is 29.1 Å². The molecule has 0 amide bonds. The van der Waals surface area contributed by atoms with Gasteiger partial charge in [-0.2, -0.15) is 18.2 Å². The van der Waals surface area contributed by atoms with Crippen LogP contribution in [0.2, 0.25) is 0 Å². The van der Waals surface area contributed by atoms with E-state index in [-0.39, 0.29) is 12.6 Å². The summed E-state index contributed by atoms with van der Waals surface area (Å²) in [6, 6.07) is 6.87. The number of fused-ring (bicyclic) bond motifs is 1. The van der Waals surface area contributed by atoms with Crippen molar-refractivity contribution in [1.29, 1.82) is 0 Å². The van der Waals surface area contributed by atoms with Crippen LogP contribution in [0, 0.1) is 0 Å². The molecule has 4 rings (SSSR count). The molecule has 1 N–H and O–H groups in total. The van der Waals surface area contributed by atoms with Gasteiger partial charge in [-0.15, -0.1) is 11.3 Å². The molecule has 11 heteroatoms. The molecular weight excluding hydrogens is 453 g/mol. The maximum absolute atomic E-state index is 13.2. The van der Waals surface area contributed by atoms with Crippen LogP contribution >= 0.6 is 11.3 Å². The summed E-state index contributed by atoms with van der Waals surface area (Å²) in [6.45, 7) is 2.08. The van der Waals surface area contributed by atoms with Gasteiger partial charge in [0.1, 0.15) is 16.3 Å². The maximum Gasteiger partial charge on any atom is 0.416 e. The Bertz CT molecular complexity index is 1250. The molecule has 0 spiro atoms. The number of ether oxygens (including phenoxy) is 1. The average molecular weight is 475 g/mol. The third-order valence-corrected chi connectivity index (χ3v) is 5.93. The van der Waals surface area contributed by atoms with Gasteiger partial charge in [0.05, 0.1) is 24.2 Å². The van der Waals surface area contributed by atoms with Crippen LogP contribution in [0.25, 0.3) is 11.0 Å². The zero-order valence-corrected chi connectivity index (χ0v) is 18.9. The van der Waals surface area contributed by atoms with Gasteiger partial charge in [0, 0.05) is 36.9 Å². The van der Waals surface area contributed by atoms with Gasteiger partial charge in [0.2, 0.25) is 5.95 Å². The minimum atomic E-state index is -4.45. The molecule has 0 radical (unpaired) electrons. The Morgan fingerprint density at radius 1 is 1.15 bits per heavy atom. The number of thiazole rings is 1. The first-order valence-electron chi connectivity index (χ1n) is 10.00. The molecule has 3 heterocycles. The number of nitrogens with one attached hydrogen (secondary N) is 1. The van der Waals surface area contributed by atoms with Crippen molar-refractivity contribution in [2.45, 2.75) is 25.7 Å². The van der Waals surface area contributed by atoms with E-state index in [2.05, 4.69) is 25.3 Å². The van der Waals surface area contributed by atoms with Crippen molar-refractivity contribution in [2.24, 2.45) is 0 Å². The lowest BCUT2D eigenvalue weighted by atomic mass is 10.1. The zero-order valence-electron chi connectivity index (χ0n) is 18.1. The largest absolute Gasteiger partial charge is 0.496 e. The van der Waals surface area contributed by atoms with Crippen molar-refractivity contribution in [2.75, 3.05) is 24.4 Å². The third-order valence-electron chi connectivity index (χ3n) is 4.97. The highest BCUT2D eigenvalue weighted by Crippen LogP contribution is 2.33. The van der Waals surface area contributed by atoms with Crippen molar-refractivity contribution in [3.8, 4) is 5.75 Å². The fraction of sp³-hybridized carbons (Fsp3) is 0.273. The van der Waals surface area contributed by atoms with Crippen LogP contribution in [0.4, 0.5) is 24.9 Å². The van der Waals surface area contributed by atoms with Crippen LogP contribution in [0.3, 0.4) is 0 Å². The number of nitrogens with zero attached hydrogens (tertiary/aromatic N) is 5. The Balaban J connectivity index is 1.68. The molecule has 33 heavy (non-hydrogen) atoms. The second-order valence-electron chi connectivity index (χ2n) is 7.36. The van der Waals surface area contributed by atoms with Crippen molar-refractivity contribution >= 4 is 34.1 Å². The summed E-state index contributed by atoms with van der Waals surface area (Å²) in [5.74, 6) is 1.21. The second kappa shape index (κ2) is 9.18. The number of hydrogen-bond acceptors (Lipinski definition) is 8. The lowest BCUT2D eigenvalue weighted by Gasteiger charge is -2.21. The molecule has 172 valence electrons. The van der Waals surface area contributed by atoms with Crippen LogP contribution < -0.4 is 15.0 Å². The van der Waals surface area contributed by atoms with Crippen molar-refractivity contribution in [1.82, 2.24) is 19.9 Å². The number of pyridine rings is 1. The predicted octanol–water partition coefficient (Wildman–Crippen LogP) is 5.32. The Labute approximate surface area is 192 Å². The highest BCUT2D eigenvalue weighted by atomic mass is 32.1. The highest BCUT2D eigenvalue weighted by Gasteiger charge is 2.31. The number of hydrogen-bond donors (Lipinski definition) is 1. The normalized spacial score (nSPS) is 12.5. The predicted molar refractivity (Wildman–Crippen MR) is 122 cm³/mol. The van der Waals surface area contributed by atoms with E-state index in [0.717, 1.165) is 17.1 Å². The zero-order chi connectivity index (χ0) is 23.6. The number of anilines is 2. The molecule has 0 bridgehead atoms. The summed E-state index contributed by atoms with van der Waals surface area (Å²) in [7, 11) is 3.14. The summed E-state index contributed by atoms with van der Waals surface area (Å²) in [5, 5.41) is 6.12. The van der Waals surface area contributed by atoms with Gasteiger partial charge in [-0.3, -0.25) is 4.98 Å². The standard InChI is InChI=1S/C22H21F3N6OS/c1-13(20-27-9-10-33-20)28-19-18-16(5-4-8-26-18)29-21(30-19)31(2)12-14-11-15(22(23,24)25)6-7-17(14)32-3/h4-11,13H,12H2,1-3H3,(H,28,29,30)/t13-/m0/s1. The summed E-state index contributed by atoms with van der Waals surface area (Å²) in [5.41, 5.74) is 0.833. The first-order chi connectivity index (χ1) is 15.8. The van der Waals surface area contributed by atoms with E-state index in [1.807, 2.05) is 18.4 Å².